The molecule has 7 heteroatoms. The number of aromatic nitrogens is 4. The molecule has 0 saturated heterocycles. The fraction of sp³-hybridized carbons (Fsp3) is 0.176. The molecule has 24 heavy (non-hydrogen) atoms. The van der Waals surface area contributed by atoms with Gasteiger partial charge >= 0.3 is 0 Å². The third kappa shape index (κ3) is 4.16. The maximum atomic E-state index is 5.34. The van der Waals surface area contributed by atoms with Crippen molar-refractivity contribution < 1.29 is 4.74 Å². The third-order valence-electron chi connectivity index (χ3n) is 3.37. The normalized spacial score (nSPS) is 10.2. The number of ether oxygens (including phenoxy) is 1. The predicted molar refractivity (Wildman–Crippen MR) is 91.7 cm³/mol. The summed E-state index contributed by atoms with van der Waals surface area (Å²) in [6, 6.07) is 13.6. The molecule has 0 bridgehead atoms. The fourth-order valence-corrected chi connectivity index (χ4v) is 2.17. The summed E-state index contributed by atoms with van der Waals surface area (Å²) in [5, 5.41) is 14.3. The van der Waals surface area contributed by atoms with Gasteiger partial charge < -0.3 is 15.4 Å². The molecule has 0 aliphatic carbocycles. The molecule has 1 aromatic carbocycles. The van der Waals surface area contributed by atoms with Crippen LogP contribution in [0, 0.1) is 0 Å². The topological polar surface area (TPSA) is 84.9 Å². The first-order valence-corrected chi connectivity index (χ1v) is 7.54. The van der Waals surface area contributed by atoms with Gasteiger partial charge in [0.25, 0.3) is 0 Å². The number of nitrogens with zero attached hydrogens (tertiary/aromatic N) is 4. The molecule has 2 heterocycles. The zero-order chi connectivity index (χ0) is 16.6. The number of hydrogen-bond donors (Lipinski definition) is 2. The second kappa shape index (κ2) is 7.87. The number of methoxy groups -OCH3 is 1. The van der Waals surface area contributed by atoms with Crippen molar-refractivity contribution >= 4 is 11.8 Å². The van der Waals surface area contributed by atoms with E-state index >= 15 is 0 Å². The van der Waals surface area contributed by atoms with Crippen LogP contribution in [0.15, 0.2) is 54.9 Å². The van der Waals surface area contributed by atoms with E-state index in [2.05, 4.69) is 30.8 Å². The summed E-state index contributed by atoms with van der Waals surface area (Å²) in [6.45, 7) is 1.13. The SMILES string of the molecule is COc1ccccc1CNc1cnnc(NCc2ccccn2)n1. The van der Waals surface area contributed by atoms with Crippen LogP contribution in [0.25, 0.3) is 0 Å². The number of nitrogens with one attached hydrogen (secondary N) is 2. The quantitative estimate of drug-likeness (QED) is 0.691. The molecule has 0 atom stereocenters. The van der Waals surface area contributed by atoms with Crippen LogP contribution in [0.1, 0.15) is 11.3 Å². The van der Waals surface area contributed by atoms with Gasteiger partial charge in [0.15, 0.2) is 5.82 Å². The first-order valence-electron chi connectivity index (χ1n) is 7.54. The van der Waals surface area contributed by atoms with E-state index in [1.54, 1.807) is 19.5 Å². The van der Waals surface area contributed by atoms with E-state index in [0.717, 1.165) is 17.0 Å². The molecule has 3 aromatic rings. The summed E-state index contributed by atoms with van der Waals surface area (Å²) in [4.78, 5) is 8.64. The molecular formula is C17H18N6O. The Morgan fingerprint density at radius 1 is 1.00 bits per heavy atom. The molecule has 0 amide bonds. The first kappa shape index (κ1) is 15.7. The van der Waals surface area contributed by atoms with Crippen molar-refractivity contribution in [2.75, 3.05) is 17.7 Å². The molecule has 3 rings (SSSR count). The Bertz CT molecular complexity index is 781. The highest BCUT2D eigenvalue weighted by atomic mass is 16.5. The van der Waals surface area contributed by atoms with Gasteiger partial charge in [0.05, 0.1) is 25.5 Å². The smallest absolute Gasteiger partial charge is 0.245 e. The van der Waals surface area contributed by atoms with Crippen LogP contribution in [0.4, 0.5) is 11.8 Å². The second-order valence-corrected chi connectivity index (χ2v) is 5.01. The Morgan fingerprint density at radius 2 is 1.88 bits per heavy atom. The number of hydrogen-bond acceptors (Lipinski definition) is 7. The van der Waals surface area contributed by atoms with Gasteiger partial charge in [0, 0.05) is 18.3 Å². The molecule has 0 unspecified atom stereocenters. The minimum atomic E-state index is 0.450. The van der Waals surface area contributed by atoms with Gasteiger partial charge in [-0.3, -0.25) is 4.98 Å². The van der Waals surface area contributed by atoms with Crippen LogP contribution in [0.2, 0.25) is 0 Å². The van der Waals surface area contributed by atoms with Gasteiger partial charge in [-0.15, -0.1) is 5.10 Å². The molecule has 0 radical (unpaired) electrons. The summed E-state index contributed by atoms with van der Waals surface area (Å²) >= 11 is 0. The van der Waals surface area contributed by atoms with Crippen LogP contribution >= 0.6 is 0 Å². The van der Waals surface area contributed by atoms with Crippen LogP contribution < -0.4 is 15.4 Å². The fourth-order valence-electron chi connectivity index (χ4n) is 2.17. The van der Waals surface area contributed by atoms with E-state index in [4.69, 9.17) is 4.74 Å². The van der Waals surface area contributed by atoms with Gasteiger partial charge in [-0.25, -0.2) is 0 Å². The van der Waals surface area contributed by atoms with E-state index in [1.165, 1.54) is 0 Å². The lowest BCUT2D eigenvalue weighted by Crippen LogP contribution is -2.09. The maximum Gasteiger partial charge on any atom is 0.245 e. The molecule has 2 N–H and O–H groups in total. The van der Waals surface area contributed by atoms with E-state index in [9.17, 15) is 0 Å². The zero-order valence-electron chi connectivity index (χ0n) is 13.3. The summed E-state index contributed by atoms with van der Waals surface area (Å²) in [6.07, 6.45) is 3.34. The van der Waals surface area contributed by atoms with Crippen molar-refractivity contribution in [3.8, 4) is 5.75 Å². The van der Waals surface area contributed by atoms with Crippen LogP contribution in [-0.4, -0.2) is 27.3 Å². The Kier molecular flexibility index (Phi) is 5.14. The van der Waals surface area contributed by atoms with Crippen molar-refractivity contribution in [2.24, 2.45) is 0 Å². The number of pyridine rings is 1. The largest absolute Gasteiger partial charge is 0.496 e. The number of benzene rings is 1. The molecule has 0 saturated carbocycles. The number of rotatable bonds is 7. The predicted octanol–water partition coefficient (Wildman–Crippen LogP) is 2.50. The van der Waals surface area contributed by atoms with E-state index in [-0.39, 0.29) is 0 Å². The lowest BCUT2D eigenvalue weighted by atomic mass is 10.2. The van der Waals surface area contributed by atoms with Crippen LogP contribution in [0.3, 0.4) is 0 Å². The second-order valence-electron chi connectivity index (χ2n) is 5.01. The monoisotopic (exact) mass is 322 g/mol. The molecule has 0 aliphatic heterocycles. The third-order valence-corrected chi connectivity index (χ3v) is 3.37. The Balaban J connectivity index is 1.61. The highest BCUT2D eigenvalue weighted by molar-refractivity contribution is 5.41. The van der Waals surface area contributed by atoms with E-state index in [1.807, 2.05) is 42.5 Å². The van der Waals surface area contributed by atoms with Gasteiger partial charge in [0.2, 0.25) is 5.95 Å². The average Bonchev–Trinajstić information content (AvgIpc) is 2.66. The summed E-state index contributed by atoms with van der Waals surface area (Å²) in [7, 11) is 1.66. The summed E-state index contributed by atoms with van der Waals surface area (Å²) < 4.78 is 5.34. The summed E-state index contributed by atoms with van der Waals surface area (Å²) in [5.74, 6) is 1.92. The molecule has 122 valence electrons. The Labute approximate surface area is 140 Å². The number of anilines is 2. The van der Waals surface area contributed by atoms with Crippen LogP contribution in [-0.2, 0) is 13.1 Å². The average molecular weight is 322 g/mol. The van der Waals surface area contributed by atoms with Crippen molar-refractivity contribution in [1.29, 1.82) is 0 Å². The molecule has 0 fully saturated rings. The molecular weight excluding hydrogens is 304 g/mol. The molecule has 0 aliphatic rings. The highest BCUT2D eigenvalue weighted by Gasteiger charge is 2.04. The van der Waals surface area contributed by atoms with Crippen molar-refractivity contribution in [3.05, 3.63) is 66.1 Å². The highest BCUT2D eigenvalue weighted by Crippen LogP contribution is 2.18. The van der Waals surface area contributed by atoms with E-state index < -0.39 is 0 Å². The molecule has 7 nitrogen and oxygen atoms in total. The van der Waals surface area contributed by atoms with Gasteiger partial charge in [0.1, 0.15) is 5.75 Å². The van der Waals surface area contributed by atoms with Gasteiger partial charge in [-0.1, -0.05) is 24.3 Å². The van der Waals surface area contributed by atoms with Crippen molar-refractivity contribution in [3.63, 3.8) is 0 Å². The first-order chi connectivity index (χ1) is 11.8. The minimum absolute atomic E-state index is 0.450. The minimum Gasteiger partial charge on any atom is -0.496 e. The van der Waals surface area contributed by atoms with E-state index in [0.29, 0.717) is 24.9 Å². The maximum absolute atomic E-state index is 5.34. The zero-order valence-corrected chi connectivity index (χ0v) is 13.3. The lowest BCUT2D eigenvalue weighted by molar-refractivity contribution is 0.410. The lowest BCUT2D eigenvalue weighted by Gasteiger charge is -2.10. The Hall–Kier alpha value is -3.22. The van der Waals surface area contributed by atoms with Crippen molar-refractivity contribution in [1.82, 2.24) is 20.2 Å². The standard InChI is InChI=1S/C17H18N6O/c1-24-15-8-3-2-6-13(15)10-19-16-12-21-23-17(22-16)20-11-14-7-4-5-9-18-14/h2-9,12H,10-11H2,1H3,(H2,19,20,22,23). The van der Waals surface area contributed by atoms with Crippen LogP contribution in [0.5, 0.6) is 5.75 Å². The molecule has 0 spiro atoms. The molecule has 2 aromatic heterocycles. The van der Waals surface area contributed by atoms with Gasteiger partial charge in [-0.2, -0.15) is 10.1 Å². The Morgan fingerprint density at radius 3 is 2.71 bits per heavy atom. The van der Waals surface area contributed by atoms with Crippen molar-refractivity contribution in [2.45, 2.75) is 13.1 Å². The summed E-state index contributed by atoms with van der Waals surface area (Å²) in [5.41, 5.74) is 1.95. The van der Waals surface area contributed by atoms with Gasteiger partial charge in [-0.05, 0) is 18.2 Å². The number of para-hydroxylation sites is 1.